The second kappa shape index (κ2) is 2.61. The Morgan fingerprint density at radius 3 is 3.00 bits per heavy atom. The number of rotatable bonds is 0. The first kappa shape index (κ1) is 7.32. The quantitative estimate of drug-likeness (QED) is 0.638. The van der Waals surface area contributed by atoms with Crippen LogP contribution in [-0.4, -0.2) is 0 Å². The maximum Gasteiger partial charge on any atom is 0.0361 e. The molecule has 2 aromatic rings. The lowest BCUT2D eigenvalue weighted by Crippen LogP contribution is -1.68. The highest BCUT2D eigenvalue weighted by atomic mass is 79.9. The van der Waals surface area contributed by atoms with Crippen LogP contribution in [-0.2, 0) is 0 Å². The molecule has 11 heavy (non-hydrogen) atoms. The van der Waals surface area contributed by atoms with E-state index in [2.05, 4.69) is 46.4 Å². The molecule has 0 saturated heterocycles. The van der Waals surface area contributed by atoms with Crippen molar-refractivity contribution < 1.29 is 0 Å². The van der Waals surface area contributed by atoms with Gasteiger partial charge in [0, 0.05) is 19.9 Å². The van der Waals surface area contributed by atoms with E-state index in [9.17, 15) is 0 Å². The first-order chi connectivity index (χ1) is 5.27. The monoisotopic (exact) mass is 226 g/mol. The minimum absolute atomic E-state index is 1.21. The third kappa shape index (κ3) is 1.21. The topological polar surface area (TPSA) is 0 Å². The predicted octanol–water partition coefficient (Wildman–Crippen LogP) is 3.97. The second-order valence-corrected chi connectivity index (χ2v) is 4.35. The van der Waals surface area contributed by atoms with Crippen molar-refractivity contribution in [1.82, 2.24) is 0 Å². The zero-order valence-corrected chi connectivity index (χ0v) is 8.50. The molecule has 0 amide bonds. The Labute approximate surface area is 78.0 Å². The molecule has 0 atom stereocenters. The van der Waals surface area contributed by atoms with E-state index in [0.29, 0.717) is 0 Å². The van der Waals surface area contributed by atoms with E-state index in [-0.39, 0.29) is 0 Å². The van der Waals surface area contributed by atoms with Crippen molar-refractivity contribution >= 4 is 37.4 Å². The molecule has 0 spiro atoms. The summed E-state index contributed by atoms with van der Waals surface area (Å²) in [5.41, 5.74) is 1.32. The molecule has 0 saturated carbocycles. The van der Waals surface area contributed by atoms with Crippen molar-refractivity contribution in [3.63, 3.8) is 0 Å². The number of fused-ring (bicyclic) bond motifs is 1. The molecular weight excluding hydrogens is 220 g/mol. The Balaban J connectivity index is 2.87. The molecule has 0 aliphatic heterocycles. The van der Waals surface area contributed by atoms with Gasteiger partial charge in [0.25, 0.3) is 0 Å². The lowest BCUT2D eigenvalue weighted by Gasteiger charge is -1.92. The van der Waals surface area contributed by atoms with Gasteiger partial charge < -0.3 is 0 Å². The summed E-state index contributed by atoms with van der Waals surface area (Å²) in [4.78, 5) is 0. The van der Waals surface area contributed by atoms with Crippen LogP contribution in [0.25, 0.3) is 10.1 Å². The van der Waals surface area contributed by atoms with Crippen LogP contribution in [0.15, 0.2) is 28.1 Å². The minimum Gasteiger partial charge on any atom is -0.143 e. The van der Waals surface area contributed by atoms with Crippen LogP contribution in [0.4, 0.5) is 0 Å². The zero-order chi connectivity index (χ0) is 7.84. The van der Waals surface area contributed by atoms with Crippen molar-refractivity contribution in [3.05, 3.63) is 33.6 Å². The summed E-state index contributed by atoms with van der Waals surface area (Å²) in [5, 5.41) is 3.46. The van der Waals surface area contributed by atoms with Gasteiger partial charge in [-0.05, 0) is 35.0 Å². The summed E-state index contributed by atoms with van der Waals surface area (Å²) >= 11 is 5.29. The Morgan fingerprint density at radius 2 is 2.18 bits per heavy atom. The lowest BCUT2D eigenvalue weighted by atomic mass is 10.2. The Bertz CT molecular complexity index is 389. The molecule has 0 fully saturated rings. The minimum atomic E-state index is 1.21. The standard InChI is InChI=1S/C9H7BrS/c1-6-2-3-9-7(4-6)8(10)5-11-9/h2-5H,1H3. The number of benzene rings is 1. The summed E-state index contributed by atoms with van der Waals surface area (Å²) in [5.74, 6) is 0. The third-order valence-corrected chi connectivity index (χ3v) is 3.60. The smallest absolute Gasteiger partial charge is 0.0361 e. The van der Waals surface area contributed by atoms with Gasteiger partial charge in [-0.2, -0.15) is 0 Å². The van der Waals surface area contributed by atoms with Gasteiger partial charge >= 0.3 is 0 Å². The van der Waals surface area contributed by atoms with Gasteiger partial charge in [-0.1, -0.05) is 11.6 Å². The molecule has 0 aliphatic rings. The van der Waals surface area contributed by atoms with Gasteiger partial charge in [-0.3, -0.25) is 0 Å². The molecule has 0 radical (unpaired) electrons. The fourth-order valence-corrected chi connectivity index (χ4v) is 2.65. The Morgan fingerprint density at radius 1 is 1.36 bits per heavy atom. The van der Waals surface area contributed by atoms with Crippen molar-refractivity contribution in [2.24, 2.45) is 0 Å². The van der Waals surface area contributed by atoms with Gasteiger partial charge in [-0.25, -0.2) is 0 Å². The van der Waals surface area contributed by atoms with Crippen LogP contribution < -0.4 is 0 Å². The number of hydrogen-bond acceptors (Lipinski definition) is 1. The van der Waals surface area contributed by atoms with E-state index in [4.69, 9.17) is 0 Å². The first-order valence-electron chi connectivity index (χ1n) is 3.41. The van der Waals surface area contributed by atoms with Crippen molar-refractivity contribution in [2.45, 2.75) is 6.92 Å². The SMILES string of the molecule is Cc1ccc2scc(Br)c2c1. The fraction of sp³-hybridized carbons (Fsp3) is 0.111. The van der Waals surface area contributed by atoms with Gasteiger partial charge in [-0.15, -0.1) is 11.3 Å². The number of halogens is 1. The summed E-state index contributed by atoms with van der Waals surface area (Å²) < 4.78 is 2.56. The largest absolute Gasteiger partial charge is 0.143 e. The molecule has 2 heteroatoms. The average molecular weight is 227 g/mol. The van der Waals surface area contributed by atoms with Crippen molar-refractivity contribution in [1.29, 1.82) is 0 Å². The normalized spacial score (nSPS) is 10.7. The average Bonchev–Trinajstić information content (AvgIpc) is 2.33. The first-order valence-corrected chi connectivity index (χ1v) is 5.08. The lowest BCUT2D eigenvalue weighted by molar-refractivity contribution is 1.51. The molecule has 0 aliphatic carbocycles. The fourth-order valence-electron chi connectivity index (χ4n) is 1.11. The molecule has 1 aromatic carbocycles. The number of aryl methyl sites for hydroxylation is 1. The van der Waals surface area contributed by atoms with E-state index in [1.54, 1.807) is 11.3 Å². The molecule has 1 aromatic heterocycles. The van der Waals surface area contributed by atoms with E-state index in [1.165, 1.54) is 20.1 Å². The van der Waals surface area contributed by atoms with Crippen LogP contribution in [0.2, 0.25) is 0 Å². The van der Waals surface area contributed by atoms with E-state index in [1.807, 2.05) is 0 Å². The molecule has 56 valence electrons. The van der Waals surface area contributed by atoms with Crippen LogP contribution in [0.5, 0.6) is 0 Å². The highest BCUT2D eigenvalue weighted by Crippen LogP contribution is 2.30. The molecule has 0 N–H and O–H groups in total. The molecule has 0 nitrogen and oxygen atoms in total. The second-order valence-electron chi connectivity index (χ2n) is 2.58. The Kier molecular flexibility index (Phi) is 1.74. The van der Waals surface area contributed by atoms with Gasteiger partial charge in [0.15, 0.2) is 0 Å². The highest BCUT2D eigenvalue weighted by Gasteiger charge is 1.99. The molecule has 2 rings (SSSR count). The van der Waals surface area contributed by atoms with Gasteiger partial charge in [0.05, 0.1) is 0 Å². The summed E-state index contributed by atoms with van der Waals surface area (Å²) in [7, 11) is 0. The summed E-state index contributed by atoms with van der Waals surface area (Å²) in [6, 6.07) is 6.52. The van der Waals surface area contributed by atoms with Crippen LogP contribution >= 0.6 is 27.3 Å². The van der Waals surface area contributed by atoms with E-state index >= 15 is 0 Å². The van der Waals surface area contributed by atoms with E-state index < -0.39 is 0 Å². The molecule has 0 unspecified atom stereocenters. The zero-order valence-electron chi connectivity index (χ0n) is 6.10. The van der Waals surface area contributed by atoms with Crippen molar-refractivity contribution in [2.75, 3.05) is 0 Å². The molecular formula is C9H7BrS. The van der Waals surface area contributed by atoms with Crippen LogP contribution in [0.1, 0.15) is 5.56 Å². The van der Waals surface area contributed by atoms with E-state index in [0.717, 1.165) is 0 Å². The third-order valence-electron chi connectivity index (χ3n) is 1.68. The Hall–Kier alpha value is -0.340. The highest BCUT2D eigenvalue weighted by molar-refractivity contribution is 9.10. The number of hydrogen-bond donors (Lipinski definition) is 0. The van der Waals surface area contributed by atoms with Crippen LogP contribution in [0.3, 0.4) is 0 Å². The summed E-state index contributed by atoms with van der Waals surface area (Å²) in [6.07, 6.45) is 0. The predicted molar refractivity (Wildman–Crippen MR) is 54.3 cm³/mol. The number of thiophene rings is 1. The summed E-state index contributed by atoms with van der Waals surface area (Å²) in [6.45, 7) is 2.11. The van der Waals surface area contributed by atoms with Gasteiger partial charge in [0.2, 0.25) is 0 Å². The molecule has 0 bridgehead atoms. The molecule has 1 heterocycles. The van der Waals surface area contributed by atoms with Gasteiger partial charge in [0.1, 0.15) is 0 Å². The van der Waals surface area contributed by atoms with Crippen molar-refractivity contribution in [3.8, 4) is 0 Å². The maximum atomic E-state index is 3.51. The maximum absolute atomic E-state index is 3.51. The van der Waals surface area contributed by atoms with Crippen LogP contribution in [0, 0.1) is 6.92 Å².